The fourth-order valence-electron chi connectivity index (χ4n) is 1.14. The van der Waals surface area contributed by atoms with E-state index in [0.29, 0.717) is 26.4 Å². The topological polar surface area (TPSA) is 29.4 Å². The van der Waals surface area contributed by atoms with Gasteiger partial charge in [-0.1, -0.05) is 41.0 Å². The smallest absolute Gasteiger partial charge is 0.257 e. The van der Waals surface area contributed by atoms with Crippen molar-refractivity contribution in [2.45, 2.75) is 0 Å². The van der Waals surface area contributed by atoms with Crippen LogP contribution in [0.1, 0.15) is 5.56 Å². The standard InChI is InChI=1S/C9H5Cl2NOS/c10-5-2-1-3-6(11)8(5)9-12-7(13)4-14-9/h1-3H,4H2. The summed E-state index contributed by atoms with van der Waals surface area (Å²) in [5.74, 6) is 0.234. The van der Waals surface area contributed by atoms with Gasteiger partial charge in [0.25, 0.3) is 5.91 Å². The normalized spacial score (nSPS) is 15.9. The highest BCUT2D eigenvalue weighted by atomic mass is 35.5. The monoisotopic (exact) mass is 245 g/mol. The molecule has 0 fully saturated rings. The van der Waals surface area contributed by atoms with E-state index in [2.05, 4.69) is 4.99 Å². The highest BCUT2D eigenvalue weighted by molar-refractivity contribution is 8.15. The maximum atomic E-state index is 11.0. The molecule has 0 unspecified atom stereocenters. The predicted octanol–water partition coefficient (Wildman–Crippen LogP) is 3.01. The lowest BCUT2D eigenvalue weighted by molar-refractivity contribution is -0.115. The van der Waals surface area contributed by atoms with Gasteiger partial charge in [0.05, 0.1) is 15.8 Å². The third kappa shape index (κ3) is 1.80. The van der Waals surface area contributed by atoms with Crippen LogP contribution in [0.15, 0.2) is 23.2 Å². The summed E-state index contributed by atoms with van der Waals surface area (Å²) in [6.07, 6.45) is 0. The summed E-state index contributed by atoms with van der Waals surface area (Å²) in [4.78, 5) is 14.8. The van der Waals surface area contributed by atoms with Crippen LogP contribution in [0, 0.1) is 0 Å². The Morgan fingerprint density at radius 2 is 1.93 bits per heavy atom. The molecule has 1 aromatic carbocycles. The number of hydrogen-bond acceptors (Lipinski definition) is 2. The number of rotatable bonds is 1. The lowest BCUT2D eigenvalue weighted by atomic mass is 10.2. The average molecular weight is 246 g/mol. The maximum Gasteiger partial charge on any atom is 0.257 e. The van der Waals surface area contributed by atoms with Crippen LogP contribution in [-0.4, -0.2) is 16.7 Å². The average Bonchev–Trinajstić information content (AvgIpc) is 2.51. The number of thioether (sulfide) groups is 1. The highest BCUT2D eigenvalue weighted by Crippen LogP contribution is 2.31. The van der Waals surface area contributed by atoms with Crippen molar-refractivity contribution in [1.29, 1.82) is 0 Å². The zero-order valence-corrected chi connectivity index (χ0v) is 9.29. The lowest BCUT2D eigenvalue weighted by Crippen LogP contribution is -1.94. The van der Waals surface area contributed by atoms with Gasteiger partial charge < -0.3 is 0 Å². The van der Waals surface area contributed by atoms with Crippen molar-refractivity contribution in [3.8, 4) is 0 Å². The summed E-state index contributed by atoms with van der Waals surface area (Å²) >= 11 is 13.3. The molecule has 0 radical (unpaired) electrons. The first-order valence-corrected chi connectivity index (χ1v) is 5.61. The molecule has 1 heterocycles. The van der Waals surface area contributed by atoms with Crippen LogP contribution < -0.4 is 0 Å². The number of hydrogen-bond donors (Lipinski definition) is 0. The second-order valence-corrected chi connectivity index (χ2v) is 4.47. The van der Waals surface area contributed by atoms with Crippen LogP contribution in [0.5, 0.6) is 0 Å². The molecule has 1 aliphatic rings. The quantitative estimate of drug-likeness (QED) is 0.762. The van der Waals surface area contributed by atoms with Crippen molar-refractivity contribution >= 4 is 45.9 Å². The predicted molar refractivity (Wildman–Crippen MR) is 60.5 cm³/mol. The van der Waals surface area contributed by atoms with Crippen molar-refractivity contribution in [2.24, 2.45) is 4.99 Å². The number of carbonyl (C=O) groups is 1. The van der Waals surface area contributed by atoms with E-state index >= 15 is 0 Å². The molecule has 0 aliphatic carbocycles. The number of nitrogens with zero attached hydrogens (tertiary/aromatic N) is 1. The Hall–Kier alpha value is -0.510. The molecular formula is C9H5Cl2NOS. The van der Waals surface area contributed by atoms with Crippen LogP contribution in [0.4, 0.5) is 0 Å². The van der Waals surface area contributed by atoms with Crippen LogP contribution in [-0.2, 0) is 4.79 Å². The Morgan fingerprint density at radius 3 is 2.43 bits per heavy atom. The van der Waals surface area contributed by atoms with Crippen LogP contribution in [0.3, 0.4) is 0 Å². The van der Waals surface area contributed by atoms with Crippen LogP contribution in [0.25, 0.3) is 0 Å². The Kier molecular flexibility index (Phi) is 2.81. The Bertz CT molecular complexity index is 411. The molecular weight excluding hydrogens is 241 g/mol. The summed E-state index contributed by atoms with van der Waals surface area (Å²) in [5, 5.41) is 1.67. The van der Waals surface area contributed by atoms with Gasteiger partial charge >= 0.3 is 0 Å². The molecule has 5 heteroatoms. The molecule has 0 bridgehead atoms. The van der Waals surface area contributed by atoms with Gasteiger partial charge in [0, 0.05) is 5.56 Å². The first-order chi connectivity index (χ1) is 6.68. The SMILES string of the molecule is O=C1CSC(c2c(Cl)cccc2Cl)=N1. The van der Waals surface area contributed by atoms with Gasteiger partial charge in [-0.25, -0.2) is 4.99 Å². The minimum Gasteiger partial charge on any atom is -0.272 e. The first kappa shape index (κ1) is 10.0. The Balaban J connectivity index is 2.51. The first-order valence-electron chi connectivity index (χ1n) is 3.87. The molecule has 1 amide bonds. The number of benzene rings is 1. The fraction of sp³-hybridized carbons (Fsp3) is 0.111. The van der Waals surface area contributed by atoms with Gasteiger partial charge in [-0.3, -0.25) is 4.79 Å². The maximum absolute atomic E-state index is 11.0. The summed E-state index contributed by atoms with van der Waals surface area (Å²) in [6, 6.07) is 5.22. The molecule has 1 aromatic rings. The minimum atomic E-state index is -0.138. The molecule has 0 N–H and O–H groups in total. The van der Waals surface area contributed by atoms with E-state index in [-0.39, 0.29) is 5.91 Å². The number of carbonyl (C=O) groups excluding carboxylic acids is 1. The van der Waals surface area contributed by atoms with Gasteiger partial charge in [-0.2, -0.15) is 0 Å². The zero-order chi connectivity index (χ0) is 10.1. The largest absolute Gasteiger partial charge is 0.272 e. The van der Waals surface area contributed by atoms with Gasteiger partial charge in [0.2, 0.25) is 0 Å². The minimum absolute atomic E-state index is 0.138. The number of aliphatic imine (C=N–C) groups is 1. The Labute approximate surface area is 95.3 Å². The van der Waals surface area contributed by atoms with Gasteiger partial charge in [-0.05, 0) is 12.1 Å². The van der Waals surface area contributed by atoms with E-state index in [4.69, 9.17) is 23.2 Å². The second-order valence-electron chi connectivity index (χ2n) is 2.70. The lowest BCUT2D eigenvalue weighted by Gasteiger charge is -2.04. The Morgan fingerprint density at radius 1 is 1.29 bits per heavy atom. The molecule has 2 nitrogen and oxygen atoms in total. The fourth-order valence-corrected chi connectivity index (χ4v) is 2.68. The van der Waals surface area contributed by atoms with Crippen molar-refractivity contribution in [2.75, 3.05) is 5.75 Å². The molecule has 0 aromatic heterocycles. The van der Waals surface area contributed by atoms with E-state index in [0.717, 1.165) is 0 Å². The van der Waals surface area contributed by atoms with E-state index in [1.165, 1.54) is 11.8 Å². The third-order valence-corrected chi connectivity index (χ3v) is 3.33. The summed E-state index contributed by atoms with van der Waals surface area (Å²) in [6.45, 7) is 0. The van der Waals surface area contributed by atoms with Crippen molar-refractivity contribution in [3.05, 3.63) is 33.8 Å². The molecule has 0 saturated carbocycles. The van der Waals surface area contributed by atoms with E-state index in [1.807, 2.05) is 0 Å². The van der Waals surface area contributed by atoms with Crippen molar-refractivity contribution in [1.82, 2.24) is 0 Å². The van der Waals surface area contributed by atoms with Crippen molar-refractivity contribution in [3.63, 3.8) is 0 Å². The number of amides is 1. The molecule has 0 saturated heterocycles. The van der Waals surface area contributed by atoms with E-state index < -0.39 is 0 Å². The molecule has 0 atom stereocenters. The molecule has 14 heavy (non-hydrogen) atoms. The zero-order valence-electron chi connectivity index (χ0n) is 6.96. The summed E-state index contributed by atoms with van der Waals surface area (Å²) in [5.41, 5.74) is 0.659. The van der Waals surface area contributed by atoms with Crippen molar-refractivity contribution < 1.29 is 4.79 Å². The van der Waals surface area contributed by atoms with Crippen LogP contribution >= 0.6 is 35.0 Å². The molecule has 1 aliphatic heterocycles. The van der Waals surface area contributed by atoms with E-state index in [1.54, 1.807) is 18.2 Å². The van der Waals surface area contributed by atoms with E-state index in [9.17, 15) is 4.79 Å². The van der Waals surface area contributed by atoms with Gasteiger partial charge in [0.1, 0.15) is 5.04 Å². The summed E-state index contributed by atoms with van der Waals surface area (Å²) in [7, 11) is 0. The molecule has 72 valence electrons. The van der Waals surface area contributed by atoms with Crippen LogP contribution in [0.2, 0.25) is 10.0 Å². The molecule has 0 spiro atoms. The third-order valence-electron chi connectivity index (χ3n) is 1.74. The summed E-state index contributed by atoms with van der Waals surface area (Å²) < 4.78 is 0. The second kappa shape index (κ2) is 3.93. The van der Waals surface area contributed by atoms with Gasteiger partial charge in [0.15, 0.2) is 0 Å². The number of halogens is 2. The van der Waals surface area contributed by atoms with Gasteiger partial charge in [-0.15, -0.1) is 0 Å². The molecule has 2 rings (SSSR count). The highest BCUT2D eigenvalue weighted by Gasteiger charge is 2.20.